The van der Waals surface area contributed by atoms with E-state index in [1.165, 1.54) is 16.8 Å². The number of hydrogen-bond donors (Lipinski definition) is 1. The van der Waals surface area contributed by atoms with Gasteiger partial charge in [-0.2, -0.15) is 5.10 Å². The molecular formula is C15H20N4. The lowest BCUT2D eigenvalue weighted by Crippen LogP contribution is -2.25. The van der Waals surface area contributed by atoms with Crippen LogP contribution in [0.4, 0.5) is 5.69 Å². The molecule has 0 bridgehead atoms. The number of hydrogen-bond acceptors (Lipinski definition) is 3. The fraction of sp³-hybridized carbons (Fsp3) is 0.400. The van der Waals surface area contributed by atoms with Crippen LogP contribution < -0.4 is 5.32 Å². The minimum atomic E-state index is 0.581. The van der Waals surface area contributed by atoms with Crippen molar-refractivity contribution in [3.63, 3.8) is 0 Å². The molecule has 0 amide bonds. The van der Waals surface area contributed by atoms with Gasteiger partial charge in [0.2, 0.25) is 0 Å². The van der Waals surface area contributed by atoms with Gasteiger partial charge in [-0.1, -0.05) is 18.2 Å². The molecule has 19 heavy (non-hydrogen) atoms. The largest absolute Gasteiger partial charge is 0.384 e. The summed E-state index contributed by atoms with van der Waals surface area (Å²) < 4.78 is 1.86. The zero-order valence-corrected chi connectivity index (χ0v) is 11.5. The summed E-state index contributed by atoms with van der Waals surface area (Å²) in [5.74, 6) is 0.581. The highest BCUT2D eigenvalue weighted by Gasteiger charge is 2.22. The number of rotatable bonds is 4. The summed E-state index contributed by atoms with van der Waals surface area (Å²) in [5, 5.41) is 7.70. The molecule has 0 radical (unpaired) electrons. The fourth-order valence-electron chi connectivity index (χ4n) is 2.83. The molecule has 1 aliphatic rings. The Morgan fingerprint density at radius 1 is 1.42 bits per heavy atom. The second-order valence-electron chi connectivity index (χ2n) is 5.38. The third kappa shape index (κ3) is 2.63. The van der Waals surface area contributed by atoms with Crippen LogP contribution in [0.2, 0.25) is 0 Å². The van der Waals surface area contributed by atoms with Gasteiger partial charge < -0.3 is 10.2 Å². The molecule has 1 aromatic heterocycles. The molecule has 1 aromatic carbocycles. The number of aryl methyl sites for hydroxylation is 1. The van der Waals surface area contributed by atoms with Crippen LogP contribution in [0.3, 0.4) is 0 Å². The first-order valence-electron chi connectivity index (χ1n) is 6.71. The predicted octanol–water partition coefficient (Wildman–Crippen LogP) is 2.06. The summed E-state index contributed by atoms with van der Waals surface area (Å²) in [7, 11) is 4.13. The van der Waals surface area contributed by atoms with E-state index in [1.807, 2.05) is 17.9 Å². The molecule has 1 atom stereocenters. The summed E-state index contributed by atoms with van der Waals surface area (Å²) >= 11 is 0. The van der Waals surface area contributed by atoms with Crippen LogP contribution in [0.25, 0.3) is 0 Å². The highest BCUT2D eigenvalue weighted by Crippen LogP contribution is 2.31. The third-order valence-corrected chi connectivity index (χ3v) is 3.68. The molecule has 4 heteroatoms. The van der Waals surface area contributed by atoms with Crippen molar-refractivity contribution in [3.8, 4) is 0 Å². The minimum Gasteiger partial charge on any atom is -0.384 e. The topological polar surface area (TPSA) is 33.1 Å². The average molecular weight is 256 g/mol. The van der Waals surface area contributed by atoms with Crippen molar-refractivity contribution in [1.29, 1.82) is 0 Å². The number of likely N-dealkylation sites (N-methyl/N-ethyl adjacent to an activating group) is 1. The molecule has 2 aromatic rings. The Morgan fingerprint density at radius 3 is 3.05 bits per heavy atom. The van der Waals surface area contributed by atoms with Crippen LogP contribution in [0.5, 0.6) is 0 Å². The van der Waals surface area contributed by atoms with Gasteiger partial charge in [0.1, 0.15) is 0 Å². The number of anilines is 1. The maximum Gasteiger partial charge on any atom is 0.0534 e. The summed E-state index contributed by atoms with van der Waals surface area (Å²) in [6.45, 7) is 3.06. The molecular weight excluding hydrogens is 236 g/mol. The van der Waals surface area contributed by atoms with Crippen molar-refractivity contribution < 1.29 is 0 Å². The molecule has 1 N–H and O–H groups in total. The zero-order valence-electron chi connectivity index (χ0n) is 11.5. The van der Waals surface area contributed by atoms with Crippen molar-refractivity contribution >= 4 is 5.69 Å². The third-order valence-electron chi connectivity index (χ3n) is 3.68. The lowest BCUT2D eigenvalue weighted by Gasteiger charge is -2.20. The molecule has 0 saturated carbocycles. The van der Waals surface area contributed by atoms with Gasteiger partial charge in [0, 0.05) is 50.0 Å². The van der Waals surface area contributed by atoms with Crippen LogP contribution in [0.15, 0.2) is 36.7 Å². The highest BCUT2D eigenvalue weighted by molar-refractivity contribution is 5.57. The van der Waals surface area contributed by atoms with Gasteiger partial charge in [-0.15, -0.1) is 0 Å². The summed E-state index contributed by atoms with van der Waals surface area (Å²) in [4.78, 5) is 2.37. The Morgan fingerprint density at radius 2 is 2.26 bits per heavy atom. The lowest BCUT2D eigenvalue weighted by atomic mass is 10.0. The maximum atomic E-state index is 4.22. The molecule has 4 nitrogen and oxygen atoms in total. The van der Waals surface area contributed by atoms with E-state index in [1.54, 1.807) is 0 Å². The van der Waals surface area contributed by atoms with E-state index in [-0.39, 0.29) is 0 Å². The Bertz CT molecular complexity index is 561. The number of para-hydroxylation sites is 1. The van der Waals surface area contributed by atoms with Crippen LogP contribution in [-0.4, -0.2) is 34.8 Å². The number of nitrogens with one attached hydrogen (secondary N) is 1. The van der Waals surface area contributed by atoms with Gasteiger partial charge in [0.15, 0.2) is 0 Å². The second kappa shape index (κ2) is 5.05. The molecule has 0 spiro atoms. The summed E-state index contributed by atoms with van der Waals surface area (Å²) in [6, 6.07) is 8.61. The van der Waals surface area contributed by atoms with Gasteiger partial charge in [-0.25, -0.2) is 0 Å². The van der Waals surface area contributed by atoms with Crippen LogP contribution in [0.1, 0.15) is 17.0 Å². The molecule has 0 saturated heterocycles. The van der Waals surface area contributed by atoms with Gasteiger partial charge in [0.05, 0.1) is 6.20 Å². The van der Waals surface area contributed by atoms with Crippen molar-refractivity contribution in [2.45, 2.75) is 12.5 Å². The zero-order chi connectivity index (χ0) is 13.2. The Hall–Kier alpha value is -1.81. The first-order valence-corrected chi connectivity index (χ1v) is 6.71. The van der Waals surface area contributed by atoms with E-state index in [9.17, 15) is 0 Å². The van der Waals surface area contributed by atoms with Gasteiger partial charge >= 0.3 is 0 Å². The van der Waals surface area contributed by atoms with Crippen molar-refractivity contribution in [3.05, 3.63) is 47.8 Å². The van der Waals surface area contributed by atoms with E-state index in [0.29, 0.717) is 5.92 Å². The van der Waals surface area contributed by atoms with E-state index < -0.39 is 0 Å². The van der Waals surface area contributed by atoms with E-state index in [4.69, 9.17) is 0 Å². The SMILES string of the molecule is CN(Cc1cnn(C)c1)CC1CNc2ccccc21. The Labute approximate surface area is 114 Å². The second-order valence-corrected chi connectivity index (χ2v) is 5.38. The van der Waals surface area contributed by atoms with Crippen molar-refractivity contribution in [2.24, 2.45) is 7.05 Å². The Balaban J connectivity index is 1.63. The van der Waals surface area contributed by atoms with E-state index in [0.717, 1.165) is 19.6 Å². The molecule has 1 aliphatic heterocycles. The summed E-state index contributed by atoms with van der Waals surface area (Å²) in [6.07, 6.45) is 4.02. The van der Waals surface area contributed by atoms with Gasteiger partial charge in [-0.05, 0) is 18.7 Å². The smallest absolute Gasteiger partial charge is 0.0534 e. The monoisotopic (exact) mass is 256 g/mol. The number of fused-ring (bicyclic) bond motifs is 1. The first-order chi connectivity index (χ1) is 9.22. The lowest BCUT2D eigenvalue weighted by molar-refractivity contribution is 0.309. The van der Waals surface area contributed by atoms with Gasteiger partial charge in [-0.3, -0.25) is 4.68 Å². The maximum absolute atomic E-state index is 4.22. The molecule has 1 unspecified atom stereocenters. The number of nitrogens with zero attached hydrogens (tertiary/aromatic N) is 3. The van der Waals surface area contributed by atoms with E-state index in [2.05, 4.69) is 52.8 Å². The molecule has 100 valence electrons. The summed E-state index contributed by atoms with van der Waals surface area (Å²) in [5.41, 5.74) is 4.01. The molecule has 0 fully saturated rings. The average Bonchev–Trinajstić information content (AvgIpc) is 2.97. The minimum absolute atomic E-state index is 0.581. The predicted molar refractivity (Wildman–Crippen MR) is 77.2 cm³/mol. The van der Waals surface area contributed by atoms with Crippen LogP contribution in [0, 0.1) is 0 Å². The first kappa shape index (κ1) is 12.2. The number of benzene rings is 1. The van der Waals surface area contributed by atoms with Gasteiger partial charge in [0.25, 0.3) is 0 Å². The quantitative estimate of drug-likeness (QED) is 0.909. The standard InChI is InChI=1S/C15H20N4/c1-18(9-12-7-17-19(2)10-12)11-13-8-16-15-6-4-3-5-14(13)15/h3-7,10,13,16H,8-9,11H2,1-2H3. The van der Waals surface area contributed by atoms with Crippen molar-refractivity contribution in [1.82, 2.24) is 14.7 Å². The molecule has 0 aliphatic carbocycles. The highest BCUT2D eigenvalue weighted by atomic mass is 15.2. The Kier molecular flexibility index (Phi) is 3.25. The normalized spacial score (nSPS) is 17.5. The number of aromatic nitrogens is 2. The fourth-order valence-corrected chi connectivity index (χ4v) is 2.83. The molecule has 2 heterocycles. The van der Waals surface area contributed by atoms with Crippen molar-refractivity contribution in [2.75, 3.05) is 25.5 Å². The van der Waals surface area contributed by atoms with Crippen LogP contribution in [-0.2, 0) is 13.6 Å². The molecule has 3 rings (SSSR count). The van der Waals surface area contributed by atoms with E-state index >= 15 is 0 Å². The van der Waals surface area contributed by atoms with Crippen LogP contribution >= 0.6 is 0 Å².